The van der Waals surface area contributed by atoms with Crippen LogP contribution >= 0.6 is 0 Å². The fourth-order valence-electron chi connectivity index (χ4n) is 1.71. The van der Waals surface area contributed by atoms with Gasteiger partial charge in [0.1, 0.15) is 12.4 Å². The van der Waals surface area contributed by atoms with E-state index < -0.39 is 11.6 Å². The van der Waals surface area contributed by atoms with Crippen molar-refractivity contribution in [1.29, 1.82) is 0 Å². The van der Waals surface area contributed by atoms with E-state index in [-0.39, 0.29) is 18.0 Å². The lowest BCUT2D eigenvalue weighted by Gasteiger charge is -2.10. The Morgan fingerprint density at radius 2 is 1.74 bits per heavy atom. The average Bonchev–Trinajstić information content (AvgIpc) is 2.36. The summed E-state index contributed by atoms with van der Waals surface area (Å²) in [6.45, 7) is 4.18. The number of anilines is 1. The van der Waals surface area contributed by atoms with Crippen LogP contribution in [0.3, 0.4) is 0 Å². The number of halogens is 2. The van der Waals surface area contributed by atoms with E-state index in [2.05, 4.69) is 0 Å². The molecule has 0 spiro atoms. The molecule has 2 nitrogen and oxygen atoms in total. The van der Waals surface area contributed by atoms with E-state index >= 15 is 0 Å². The van der Waals surface area contributed by atoms with Crippen LogP contribution in [0.1, 0.15) is 16.7 Å². The van der Waals surface area contributed by atoms with Gasteiger partial charge in [-0.2, -0.15) is 0 Å². The van der Waals surface area contributed by atoms with Crippen molar-refractivity contribution in [3.05, 3.63) is 58.7 Å². The number of hydrogen-bond donors (Lipinski definition) is 1. The van der Waals surface area contributed by atoms with E-state index in [4.69, 9.17) is 10.5 Å². The summed E-state index contributed by atoms with van der Waals surface area (Å²) < 4.78 is 32.0. The number of aryl methyl sites for hydroxylation is 2. The van der Waals surface area contributed by atoms with Gasteiger partial charge in [-0.15, -0.1) is 0 Å². The van der Waals surface area contributed by atoms with Crippen molar-refractivity contribution in [2.45, 2.75) is 20.5 Å². The Hall–Kier alpha value is -2.10. The van der Waals surface area contributed by atoms with Crippen LogP contribution in [-0.2, 0) is 6.61 Å². The number of nitrogens with two attached hydrogens (primary N) is 1. The molecule has 0 aliphatic heterocycles. The molecule has 0 amide bonds. The lowest BCUT2D eigenvalue weighted by Crippen LogP contribution is -2.00. The highest BCUT2D eigenvalue weighted by molar-refractivity contribution is 5.44. The van der Waals surface area contributed by atoms with E-state index in [1.54, 1.807) is 0 Å². The van der Waals surface area contributed by atoms with Crippen molar-refractivity contribution < 1.29 is 13.5 Å². The summed E-state index contributed by atoms with van der Waals surface area (Å²) in [7, 11) is 0. The molecule has 4 heteroatoms. The monoisotopic (exact) mass is 263 g/mol. The smallest absolute Gasteiger partial charge is 0.167 e. The second-order valence-electron chi connectivity index (χ2n) is 4.51. The molecule has 0 fully saturated rings. The summed E-state index contributed by atoms with van der Waals surface area (Å²) in [5.74, 6) is -1.48. The molecule has 2 N–H and O–H groups in total. The standard InChI is InChI=1S/C15H15F2NO/c1-9-3-4-11(5-10(9)2)8-19-15-7-12(16)14(18)6-13(15)17/h3-7H,8,18H2,1-2H3. The summed E-state index contributed by atoms with van der Waals surface area (Å²) in [5.41, 5.74) is 8.24. The van der Waals surface area contributed by atoms with Gasteiger partial charge in [0, 0.05) is 12.1 Å². The topological polar surface area (TPSA) is 35.2 Å². The van der Waals surface area contributed by atoms with E-state index in [1.165, 1.54) is 5.56 Å². The first kappa shape index (κ1) is 13.3. The van der Waals surface area contributed by atoms with Gasteiger partial charge in [-0.3, -0.25) is 0 Å². The average molecular weight is 263 g/mol. The third-order valence-electron chi connectivity index (χ3n) is 3.02. The molecule has 19 heavy (non-hydrogen) atoms. The molecule has 100 valence electrons. The maximum atomic E-state index is 13.5. The maximum absolute atomic E-state index is 13.5. The third kappa shape index (κ3) is 3.02. The molecule has 0 bridgehead atoms. The molecule has 2 rings (SSSR count). The number of benzene rings is 2. The summed E-state index contributed by atoms with van der Waals surface area (Å²) in [6.07, 6.45) is 0. The molecule has 2 aromatic carbocycles. The summed E-state index contributed by atoms with van der Waals surface area (Å²) in [6, 6.07) is 7.71. The molecule has 0 saturated heterocycles. The summed E-state index contributed by atoms with van der Waals surface area (Å²) >= 11 is 0. The first-order valence-corrected chi connectivity index (χ1v) is 5.91. The second-order valence-corrected chi connectivity index (χ2v) is 4.51. The molecule has 2 aromatic rings. The minimum Gasteiger partial charge on any atom is -0.486 e. The quantitative estimate of drug-likeness (QED) is 0.856. The summed E-state index contributed by atoms with van der Waals surface area (Å²) in [5, 5.41) is 0. The lowest BCUT2D eigenvalue weighted by molar-refractivity contribution is 0.288. The molecule has 0 unspecified atom stereocenters. The van der Waals surface area contributed by atoms with Crippen LogP contribution in [0.5, 0.6) is 5.75 Å². The Balaban J connectivity index is 2.14. The molecular formula is C15H15F2NO. The van der Waals surface area contributed by atoms with Gasteiger partial charge < -0.3 is 10.5 Å². The van der Waals surface area contributed by atoms with Crippen molar-refractivity contribution in [1.82, 2.24) is 0 Å². The van der Waals surface area contributed by atoms with E-state index in [0.29, 0.717) is 0 Å². The van der Waals surface area contributed by atoms with Crippen molar-refractivity contribution in [3.63, 3.8) is 0 Å². The van der Waals surface area contributed by atoms with Crippen LogP contribution < -0.4 is 10.5 Å². The van der Waals surface area contributed by atoms with Crippen LogP contribution in [0.4, 0.5) is 14.5 Å². The molecule has 0 heterocycles. The van der Waals surface area contributed by atoms with Crippen LogP contribution in [-0.4, -0.2) is 0 Å². The van der Waals surface area contributed by atoms with Gasteiger partial charge in [0.25, 0.3) is 0 Å². The van der Waals surface area contributed by atoms with E-state index in [1.807, 2.05) is 32.0 Å². The summed E-state index contributed by atoms with van der Waals surface area (Å²) in [4.78, 5) is 0. The number of nitrogen functional groups attached to an aromatic ring is 1. The van der Waals surface area contributed by atoms with Crippen molar-refractivity contribution >= 4 is 5.69 Å². The Morgan fingerprint density at radius 3 is 2.42 bits per heavy atom. The minimum atomic E-state index is -0.684. The van der Waals surface area contributed by atoms with Crippen LogP contribution in [0.15, 0.2) is 30.3 Å². The number of ether oxygens (including phenoxy) is 1. The van der Waals surface area contributed by atoms with Crippen molar-refractivity contribution in [2.24, 2.45) is 0 Å². The zero-order chi connectivity index (χ0) is 14.0. The second kappa shape index (κ2) is 5.26. The highest BCUT2D eigenvalue weighted by Crippen LogP contribution is 2.24. The highest BCUT2D eigenvalue weighted by atomic mass is 19.1. The van der Waals surface area contributed by atoms with Crippen LogP contribution in [0.2, 0.25) is 0 Å². The molecule has 0 aliphatic rings. The van der Waals surface area contributed by atoms with Gasteiger partial charge in [-0.05, 0) is 30.5 Å². The van der Waals surface area contributed by atoms with E-state index in [9.17, 15) is 8.78 Å². The highest BCUT2D eigenvalue weighted by Gasteiger charge is 2.09. The first-order valence-electron chi connectivity index (χ1n) is 5.91. The van der Waals surface area contributed by atoms with Gasteiger partial charge in [0.15, 0.2) is 11.6 Å². The van der Waals surface area contributed by atoms with Crippen LogP contribution in [0.25, 0.3) is 0 Å². The van der Waals surface area contributed by atoms with Gasteiger partial charge in [-0.25, -0.2) is 8.78 Å². The normalized spacial score (nSPS) is 10.5. The van der Waals surface area contributed by atoms with Crippen molar-refractivity contribution in [2.75, 3.05) is 5.73 Å². The number of hydrogen-bond acceptors (Lipinski definition) is 2. The molecule has 0 atom stereocenters. The molecule has 0 radical (unpaired) electrons. The van der Waals surface area contributed by atoms with Crippen LogP contribution in [0, 0.1) is 25.5 Å². The third-order valence-corrected chi connectivity index (χ3v) is 3.02. The number of rotatable bonds is 3. The van der Waals surface area contributed by atoms with Gasteiger partial charge in [0.05, 0.1) is 5.69 Å². The van der Waals surface area contributed by atoms with Crippen molar-refractivity contribution in [3.8, 4) is 5.75 Å². The van der Waals surface area contributed by atoms with Gasteiger partial charge in [0.2, 0.25) is 0 Å². The SMILES string of the molecule is Cc1ccc(COc2cc(F)c(N)cc2F)cc1C. The van der Waals surface area contributed by atoms with E-state index in [0.717, 1.165) is 23.3 Å². The fraction of sp³-hybridized carbons (Fsp3) is 0.200. The molecule has 0 aliphatic carbocycles. The largest absolute Gasteiger partial charge is 0.486 e. The first-order chi connectivity index (χ1) is 8.97. The predicted molar refractivity (Wildman–Crippen MR) is 71.0 cm³/mol. The zero-order valence-corrected chi connectivity index (χ0v) is 10.8. The fourth-order valence-corrected chi connectivity index (χ4v) is 1.71. The maximum Gasteiger partial charge on any atom is 0.167 e. The van der Waals surface area contributed by atoms with Gasteiger partial charge >= 0.3 is 0 Å². The predicted octanol–water partition coefficient (Wildman–Crippen LogP) is 3.74. The Morgan fingerprint density at radius 1 is 1.00 bits per heavy atom. The minimum absolute atomic E-state index is 0.134. The lowest BCUT2D eigenvalue weighted by atomic mass is 10.1. The Bertz CT molecular complexity index is 611. The molecule has 0 saturated carbocycles. The zero-order valence-electron chi connectivity index (χ0n) is 10.8. The van der Waals surface area contributed by atoms with Gasteiger partial charge in [-0.1, -0.05) is 18.2 Å². The molecule has 0 aromatic heterocycles. The molecular weight excluding hydrogens is 248 g/mol. The Labute approximate surface area is 110 Å². The Kier molecular flexibility index (Phi) is 3.69.